The smallest absolute Gasteiger partial charge is 0.305 e. The Hall–Kier alpha value is -14.3. The molecule has 6 aromatic carbocycles. The van der Waals surface area contributed by atoms with Gasteiger partial charge in [0, 0.05) is 110 Å². The molecule has 7 heterocycles. The summed E-state index contributed by atoms with van der Waals surface area (Å²) < 4.78 is 11.3. The molecule has 5 N–H and O–H groups in total. The lowest BCUT2D eigenvalue weighted by molar-refractivity contribution is -0.138. The third-order valence-electron chi connectivity index (χ3n) is 26.2. The number of morpholine rings is 1. The molecule has 758 valence electrons. The quantitative estimate of drug-likeness (QED) is 0.0240. The van der Waals surface area contributed by atoms with Gasteiger partial charge in [0.15, 0.2) is 0 Å². The van der Waals surface area contributed by atoms with Gasteiger partial charge < -0.3 is 49.7 Å². The van der Waals surface area contributed by atoms with Crippen LogP contribution in [0.4, 0.5) is 5.69 Å². The van der Waals surface area contributed by atoms with Crippen LogP contribution in [0.3, 0.4) is 0 Å². The number of amides is 4. The Morgan fingerprint density at radius 2 is 0.799 bits per heavy atom. The minimum absolute atomic E-state index is 0.00120. The lowest BCUT2D eigenvalue weighted by Crippen LogP contribution is -2.40. The number of benzene rings is 6. The Balaban J connectivity index is 0.000000183. The van der Waals surface area contributed by atoms with Crippen molar-refractivity contribution in [3.8, 4) is 33.4 Å². The molecule has 1 aliphatic heterocycles. The van der Waals surface area contributed by atoms with Crippen LogP contribution in [0, 0.1) is 72.1 Å². The number of hydrogen-bond donors (Lipinski definition) is 5. The fraction of sp³-hybridized carbons (Fsp3) is 0.398. The Morgan fingerprint density at radius 3 is 1.25 bits per heavy atom. The van der Waals surface area contributed by atoms with E-state index in [0.29, 0.717) is 61.3 Å². The molecule has 8 atom stereocenters. The number of carboxylic acid groups (broad SMARTS) is 1. The monoisotopic (exact) mass is 1950 g/mol. The number of Topliss-reactive ketones (excluding diaryl/α,β-unsaturated/α-hetero) is 3. The van der Waals surface area contributed by atoms with Crippen LogP contribution in [-0.4, -0.2) is 112 Å². The summed E-state index contributed by atoms with van der Waals surface area (Å²) in [5, 5.41) is 22.3. The largest absolute Gasteiger partial charge is 0.481 e. The van der Waals surface area contributed by atoms with Crippen molar-refractivity contribution in [2.45, 2.75) is 256 Å². The summed E-state index contributed by atoms with van der Waals surface area (Å²) in [5.74, 6) is -1.04. The highest BCUT2D eigenvalue weighted by Gasteiger charge is 2.35. The number of anilines is 1. The molecular weight excluding hydrogens is 1810 g/mol. The van der Waals surface area contributed by atoms with Gasteiger partial charge in [-0.1, -0.05) is 178 Å². The second kappa shape index (κ2) is 51.6. The van der Waals surface area contributed by atoms with Crippen LogP contribution in [0.5, 0.6) is 0 Å². The first-order valence-corrected chi connectivity index (χ1v) is 50.3. The number of aromatic nitrogens is 7. The van der Waals surface area contributed by atoms with Crippen LogP contribution in [0.15, 0.2) is 245 Å². The number of fused-ring (bicyclic) bond motifs is 1. The number of carboxylic acids is 1. The Morgan fingerprint density at radius 1 is 0.396 bits per heavy atom. The molecule has 3 unspecified atom stereocenters. The predicted molar refractivity (Wildman–Crippen MR) is 569 cm³/mol. The molecule has 0 bridgehead atoms. The molecule has 14 rings (SSSR count). The van der Waals surface area contributed by atoms with Gasteiger partial charge in [0.1, 0.15) is 41.5 Å². The van der Waals surface area contributed by atoms with Crippen LogP contribution in [-0.2, 0) is 49.5 Å². The zero-order valence-electron chi connectivity index (χ0n) is 86.8. The highest BCUT2D eigenvalue weighted by molar-refractivity contribution is 5.87. The van der Waals surface area contributed by atoms with Gasteiger partial charge in [-0.05, 0) is 282 Å². The zero-order valence-corrected chi connectivity index (χ0v) is 86.8. The Kier molecular flexibility index (Phi) is 39.5. The van der Waals surface area contributed by atoms with Crippen molar-refractivity contribution < 1.29 is 48.2 Å². The number of para-hydroxylation sites is 1. The number of hydrogen-bond acceptors (Lipinski definition) is 17. The van der Waals surface area contributed by atoms with Crippen molar-refractivity contribution in [2.75, 3.05) is 31.2 Å². The van der Waals surface area contributed by atoms with Gasteiger partial charge in [-0.3, -0.25) is 72.1 Å². The minimum Gasteiger partial charge on any atom is -0.481 e. The summed E-state index contributed by atoms with van der Waals surface area (Å²) in [6.45, 7) is 39.5. The molecule has 4 amide bonds. The summed E-state index contributed by atoms with van der Waals surface area (Å²) in [5.41, 5.74) is 19.5. The fourth-order valence-corrected chi connectivity index (χ4v) is 18.6. The number of ketones is 3. The molecule has 1 saturated carbocycles. The fourth-order valence-electron chi connectivity index (χ4n) is 18.6. The third-order valence-corrected chi connectivity index (χ3v) is 26.2. The van der Waals surface area contributed by atoms with E-state index in [1.54, 1.807) is 74.3 Å². The molecular formula is C118H142N12O14. The van der Waals surface area contributed by atoms with Crippen LogP contribution in [0.25, 0.3) is 44.3 Å². The number of ether oxygens (including phenoxy) is 1. The number of nitrogens with zero attached hydrogens (tertiary/aromatic N) is 8. The summed E-state index contributed by atoms with van der Waals surface area (Å²) in [7, 11) is 0. The first-order valence-electron chi connectivity index (χ1n) is 50.3. The van der Waals surface area contributed by atoms with E-state index in [0.717, 1.165) is 103 Å². The molecule has 2 fully saturated rings. The average molecular weight is 1950 g/mol. The molecule has 2 aliphatic rings. The van der Waals surface area contributed by atoms with E-state index in [4.69, 9.17) is 9.72 Å². The zero-order chi connectivity index (χ0) is 104. The lowest BCUT2D eigenvalue weighted by atomic mass is 9.89. The summed E-state index contributed by atoms with van der Waals surface area (Å²) in [6.07, 6.45) is 15.1. The molecule has 0 spiro atoms. The van der Waals surface area contributed by atoms with E-state index >= 15 is 0 Å². The second-order valence-corrected chi connectivity index (χ2v) is 40.2. The number of aryl methyl sites for hydroxylation is 8. The van der Waals surface area contributed by atoms with Crippen molar-refractivity contribution in [3.05, 3.63) is 339 Å². The number of pyridine rings is 5. The lowest BCUT2D eigenvalue weighted by Gasteiger charge is -2.31. The minimum atomic E-state index is -1.04. The molecule has 26 nitrogen and oxygen atoms in total. The summed E-state index contributed by atoms with van der Waals surface area (Å²) >= 11 is 0. The molecule has 12 aromatic rings. The van der Waals surface area contributed by atoms with Crippen LogP contribution < -0.4 is 48.4 Å². The van der Waals surface area contributed by atoms with Gasteiger partial charge in [0.2, 0.25) is 23.6 Å². The third kappa shape index (κ3) is 30.2. The van der Waals surface area contributed by atoms with E-state index in [2.05, 4.69) is 118 Å². The maximum Gasteiger partial charge on any atom is 0.305 e. The van der Waals surface area contributed by atoms with E-state index in [1.807, 2.05) is 162 Å². The predicted octanol–water partition coefficient (Wildman–Crippen LogP) is 20.4. The molecule has 26 heteroatoms. The number of carbonyl (C=O) groups excluding carboxylic acids is 7. The molecule has 0 radical (unpaired) electrons. The first-order chi connectivity index (χ1) is 68.6. The molecule has 6 aromatic heterocycles. The highest BCUT2D eigenvalue weighted by Crippen LogP contribution is 2.46. The van der Waals surface area contributed by atoms with Crippen molar-refractivity contribution in [2.24, 2.45) is 23.7 Å². The van der Waals surface area contributed by atoms with Crippen LogP contribution in [0.2, 0.25) is 0 Å². The van der Waals surface area contributed by atoms with Gasteiger partial charge in [-0.2, -0.15) is 0 Å². The second-order valence-electron chi connectivity index (χ2n) is 40.2. The van der Waals surface area contributed by atoms with E-state index in [-0.39, 0.29) is 107 Å². The van der Waals surface area contributed by atoms with E-state index in [1.165, 1.54) is 91.7 Å². The van der Waals surface area contributed by atoms with Gasteiger partial charge in [0.25, 0.3) is 22.2 Å². The molecule has 1 saturated heterocycles. The van der Waals surface area contributed by atoms with Crippen LogP contribution >= 0.6 is 0 Å². The SMILES string of the molecule is CC(=O)C[C@H](NC(=O)C(CC(C)C)n1ccccc1=O)c1ccc(C2CC2)c(-c2ccccc2C)c1.CC(=O)C[C@H](NC(=O)[C@H](CC(C)C)n1cnc2ccccc2c1=O)c1ccc(C)c(N2CCOCC2)c1.CCc1ncc([C@H](CC(C)=O)NC(=O)C(CC(C)C)n2ccc(C)cc2=O)cc1-c1ccccc1C.Cc1ccn(C(CC(C)C)C(=O)N[C@@H](CC(=O)O)c2cnc(C)c(-c3ccccc3C)c2)c(=O)c1. The number of rotatable bonds is 38. The normalized spacial score (nSPS) is 14.1. The maximum atomic E-state index is 13.7. The van der Waals surface area contributed by atoms with E-state index in [9.17, 15) is 62.6 Å². The number of nitrogens with one attached hydrogen (secondary N) is 4. The standard InChI is InChI=1S/C31H36N2O3.C30H37N3O3.C29H36N4O4.C28H33N3O4/c1-20(2)17-29(33-16-8-7-11-30(33)35)31(36)32-28(18-22(4)34)24-14-15-26(23-12-13-23)27(19-24)25-10-6-5-9-21(25)3;1-7-26-25(24-11-9-8-10-21(24)5)17-23(18-31-26)27(16-22(6)34)32-30(36)28(14-19(2)3)33-13-12-20(4)15-29(33)35;1-19(2)15-27(33-18-30-24-8-6-5-7-23(24)29(33)36)28(35)31-25(16-21(4)34)22-10-9-20(3)26(17-22)32-11-13-37-14-12-32;1-17(2)12-25(31-11-10-18(3)13-26(31)32)28(35)30-24(15-27(33)34)21-14-23(20(5)29-16-21)22-9-7-6-8-19(22)4/h5-11,14-16,19-20,23,28-29H,12-13,17-18H2,1-4H3,(H,32,36);8-13,15,17-19,27-28H,7,14,16H2,1-6H3,(H,32,36);5-10,17-19,25,27H,11-16H2,1-4H3,(H,31,35);6-11,13-14,16-17,24-25H,12,15H2,1-5H3,(H,30,35)(H,33,34)/t28-,29?;27-,28?;25-,27-;24-,25?/m0000/s1. The van der Waals surface area contributed by atoms with Crippen molar-refractivity contribution in [3.63, 3.8) is 0 Å². The summed E-state index contributed by atoms with van der Waals surface area (Å²) in [4.78, 5) is 170. The van der Waals surface area contributed by atoms with Crippen molar-refractivity contribution >= 4 is 63.5 Å². The van der Waals surface area contributed by atoms with Gasteiger partial charge in [-0.15, -0.1) is 0 Å². The highest BCUT2D eigenvalue weighted by atomic mass is 16.5. The van der Waals surface area contributed by atoms with Gasteiger partial charge >= 0.3 is 5.97 Å². The van der Waals surface area contributed by atoms with Gasteiger partial charge in [-0.25, -0.2) is 4.98 Å². The first kappa shape index (κ1) is 110. The number of aliphatic carboxylic acids is 1. The maximum absolute atomic E-state index is 13.7. The average Bonchev–Trinajstić information content (AvgIpc) is 1.79. The van der Waals surface area contributed by atoms with Crippen LogP contribution in [0.1, 0.15) is 274 Å². The van der Waals surface area contributed by atoms with Crippen molar-refractivity contribution in [1.29, 1.82) is 0 Å². The topological polar surface area (TPSA) is 344 Å². The molecule has 144 heavy (non-hydrogen) atoms. The van der Waals surface area contributed by atoms with Gasteiger partial charge in [0.05, 0.1) is 61.0 Å². The van der Waals surface area contributed by atoms with Crippen molar-refractivity contribution in [1.82, 2.24) is 54.5 Å². The summed E-state index contributed by atoms with van der Waals surface area (Å²) in [6, 6.07) is 54.3. The Labute approximate surface area is 845 Å². The molecule has 1 aliphatic carbocycles. The van der Waals surface area contributed by atoms with E-state index < -0.39 is 60.2 Å². The number of carbonyl (C=O) groups is 8. The Bertz CT molecular complexity index is 6810.